The summed E-state index contributed by atoms with van der Waals surface area (Å²) in [6.45, 7) is 2.09. The predicted octanol–water partition coefficient (Wildman–Crippen LogP) is 1.74. The summed E-state index contributed by atoms with van der Waals surface area (Å²) in [5.74, 6) is 0.607. The molecule has 5 heteroatoms. The number of pyridine rings is 1. The summed E-state index contributed by atoms with van der Waals surface area (Å²) in [5.41, 5.74) is 7.47. The van der Waals surface area contributed by atoms with Crippen LogP contribution in [0, 0.1) is 0 Å². The Morgan fingerprint density at radius 3 is 2.79 bits per heavy atom. The van der Waals surface area contributed by atoms with Gasteiger partial charge in [-0.15, -0.1) is 0 Å². The quantitative estimate of drug-likeness (QED) is 0.813. The topological polar surface area (TPSA) is 64.7 Å². The highest BCUT2D eigenvalue weighted by Gasteiger charge is 2.04. The van der Waals surface area contributed by atoms with Gasteiger partial charge in [-0.25, -0.2) is 0 Å². The fourth-order valence-corrected chi connectivity index (χ4v) is 1.55. The summed E-state index contributed by atoms with van der Waals surface area (Å²) in [4.78, 5) is 8.32. The van der Waals surface area contributed by atoms with E-state index in [-0.39, 0.29) is 0 Å². The number of nitrogens with two attached hydrogens (primary N) is 1. The zero-order valence-corrected chi connectivity index (χ0v) is 8.58. The third-order valence-corrected chi connectivity index (χ3v) is 2.45. The zero-order chi connectivity index (χ0) is 9.97. The monoisotopic (exact) mass is 206 g/mol. The number of aryl methyl sites for hydroxylation is 1. The third kappa shape index (κ3) is 1.72. The second kappa shape index (κ2) is 3.71. The van der Waals surface area contributed by atoms with Crippen LogP contribution in [0.5, 0.6) is 0 Å². The van der Waals surface area contributed by atoms with E-state index < -0.39 is 0 Å². The summed E-state index contributed by atoms with van der Waals surface area (Å²) in [6.07, 6.45) is 2.83. The summed E-state index contributed by atoms with van der Waals surface area (Å²) in [5, 5.41) is 0.473. The first kappa shape index (κ1) is 9.08. The van der Waals surface area contributed by atoms with Crippen LogP contribution in [-0.2, 0) is 6.42 Å². The molecule has 0 saturated carbocycles. The molecule has 0 bridgehead atoms. The molecule has 2 aromatic heterocycles. The molecule has 0 fully saturated rings. The van der Waals surface area contributed by atoms with E-state index in [1.807, 2.05) is 18.3 Å². The van der Waals surface area contributed by atoms with Gasteiger partial charge in [-0.1, -0.05) is 13.0 Å². The van der Waals surface area contributed by atoms with Gasteiger partial charge in [0.1, 0.15) is 5.69 Å². The van der Waals surface area contributed by atoms with Crippen LogP contribution in [0.3, 0.4) is 0 Å². The maximum absolute atomic E-state index is 5.49. The lowest BCUT2D eigenvalue weighted by molar-refractivity contribution is 1.10. The van der Waals surface area contributed by atoms with Gasteiger partial charge in [0.15, 0.2) is 11.0 Å². The molecular weight excluding hydrogens is 196 g/mol. The first-order chi connectivity index (χ1) is 6.79. The lowest BCUT2D eigenvalue weighted by Gasteiger charge is -1.96. The maximum atomic E-state index is 5.49. The van der Waals surface area contributed by atoms with Crippen LogP contribution >= 0.6 is 11.5 Å². The number of aromatic nitrogens is 3. The molecule has 0 unspecified atom stereocenters. The van der Waals surface area contributed by atoms with E-state index in [0.717, 1.165) is 12.1 Å². The Balaban J connectivity index is 2.33. The van der Waals surface area contributed by atoms with Gasteiger partial charge < -0.3 is 5.73 Å². The molecule has 14 heavy (non-hydrogen) atoms. The molecule has 2 rings (SSSR count). The van der Waals surface area contributed by atoms with Crippen molar-refractivity contribution < 1.29 is 0 Å². The third-order valence-electron chi connectivity index (χ3n) is 1.90. The van der Waals surface area contributed by atoms with E-state index in [0.29, 0.717) is 11.0 Å². The molecule has 2 heterocycles. The van der Waals surface area contributed by atoms with Crippen molar-refractivity contribution in [2.75, 3.05) is 5.73 Å². The van der Waals surface area contributed by atoms with Crippen LogP contribution < -0.4 is 5.73 Å². The number of nitrogens with zero attached hydrogens (tertiary/aromatic N) is 3. The summed E-state index contributed by atoms with van der Waals surface area (Å²) in [7, 11) is 0. The van der Waals surface area contributed by atoms with Crippen molar-refractivity contribution in [3.05, 3.63) is 23.9 Å². The maximum Gasteiger partial charge on any atom is 0.200 e. The summed E-state index contributed by atoms with van der Waals surface area (Å²) >= 11 is 1.19. The number of anilines is 1. The average Bonchev–Trinajstić information content (AvgIpc) is 2.65. The molecule has 0 radical (unpaired) electrons. The Morgan fingerprint density at radius 1 is 1.43 bits per heavy atom. The molecule has 2 N–H and O–H groups in total. The number of hydrogen-bond acceptors (Lipinski definition) is 5. The molecule has 0 aliphatic heterocycles. The molecule has 0 aromatic carbocycles. The Labute approximate surface area is 86.0 Å². The van der Waals surface area contributed by atoms with Gasteiger partial charge in [0.2, 0.25) is 0 Å². The zero-order valence-electron chi connectivity index (χ0n) is 7.77. The van der Waals surface area contributed by atoms with E-state index in [2.05, 4.69) is 21.3 Å². The summed E-state index contributed by atoms with van der Waals surface area (Å²) < 4.78 is 4.08. The molecule has 0 atom stereocenters. The lowest BCUT2D eigenvalue weighted by Crippen LogP contribution is -1.88. The Hall–Kier alpha value is -1.49. The van der Waals surface area contributed by atoms with Crippen LogP contribution in [0.15, 0.2) is 18.3 Å². The van der Waals surface area contributed by atoms with E-state index in [1.165, 1.54) is 17.1 Å². The van der Waals surface area contributed by atoms with Gasteiger partial charge >= 0.3 is 0 Å². The predicted molar refractivity (Wildman–Crippen MR) is 56.9 cm³/mol. The SMILES string of the molecule is CCc1ccc(-c2nsc(N)n2)nc1. The van der Waals surface area contributed by atoms with Crippen molar-refractivity contribution >= 4 is 16.7 Å². The molecule has 0 spiro atoms. The van der Waals surface area contributed by atoms with Gasteiger partial charge in [-0.05, 0) is 18.1 Å². The first-order valence-corrected chi connectivity index (χ1v) is 5.11. The molecule has 4 nitrogen and oxygen atoms in total. The van der Waals surface area contributed by atoms with E-state index >= 15 is 0 Å². The highest BCUT2D eigenvalue weighted by atomic mass is 32.1. The van der Waals surface area contributed by atoms with Crippen molar-refractivity contribution in [2.24, 2.45) is 0 Å². The fraction of sp³-hybridized carbons (Fsp3) is 0.222. The van der Waals surface area contributed by atoms with Crippen molar-refractivity contribution in [1.82, 2.24) is 14.3 Å². The van der Waals surface area contributed by atoms with Crippen molar-refractivity contribution in [2.45, 2.75) is 13.3 Å². The standard InChI is InChI=1S/C9H10N4S/c1-2-6-3-4-7(11-5-6)8-12-9(10)14-13-8/h3-5H,2H2,1H3,(H2,10,12,13). The minimum absolute atomic E-state index is 0.473. The van der Waals surface area contributed by atoms with Crippen LogP contribution in [0.4, 0.5) is 5.13 Å². The molecule has 2 aromatic rings. The van der Waals surface area contributed by atoms with Crippen molar-refractivity contribution in [1.29, 1.82) is 0 Å². The minimum atomic E-state index is 0.473. The number of nitrogen functional groups attached to an aromatic ring is 1. The van der Waals surface area contributed by atoms with E-state index in [9.17, 15) is 0 Å². The largest absolute Gasteiger partial charge is 0.374 e. The van der Waals surface area contributed by atoms with Gasteiger partial charge in [0.25, 0.3) is 0 Å². The van der Waals surface area contributed by atoms with Crippen molar-refractivity contribution in [3.63, 3.8) is 0 Å². The normalized spacial score (nSPS) is 10.4. The Morgan fingerprint density at radius 2 is 2.29 bits per heavy atom. The molecule has 0 aliphatic rings. The van der Waals surface area contributed by atoms with Gasteiger partial charge in [-0.3, -0.25) is 4.98 Å². The van der Waals surface area contributed by atoms with E-state index in [1.54, 1.807) is 0 Å². The molecule has 0 amide bonds. The van der Waals surface area contributed by atoms with Crippen LogP contribution in [0.25, 0.3) is 11.5 Å². The first-order valence-electron chi connectivity index (χ1n) is 4.34. The lowest BCUT2D eigenvalue weighted by atomic mass is 10.2. The molecule has 0 aliphatic carbocycles. The minimum Gasteiger partial charge on any atom is -0.374 e. The number of rotatable bonds is 2. The summed E-state index contributed by atoms with van der Waals surface area (Å²) in [6, 6.07) is 3.94. The van der Waals surface area contributed by atoms with Gasteiger partial charge in [-0.2, -0.15) is 9.36 Å². The van der Waals surface area contributed by atoms with Gasteiger partial charge in [0, 0.05) is 17.7 Å². The second-order valence-corrected chi connectivity index (χ2v) is 3.64. The second-order valence-electron chi connectivity index (χ2n) is 2.86. The molecule has 0 saturated heterocycles. The smallest absolute Gasteiger partial charge is 0.200 e. The Kier molecular flexibility index (Phi) is 2.41. The van der Waals surface area contributed by atoms with E-state index in [4.69, 9.17) is 5.73 Å². The number of hydrogen-bond donors (Lipinski definition) is 1. The molecule has 72 valence electrons. The highest BCUT2D eigenvalue weighted by Crippen LogP contribution is 2.17. The Bertz CT molecular complexity index is 421. The van der Waals surface area contributed by atoms with Crippen LogP contribution in [-0.4, -0.2) is 14.3 Å². The van der Waals surface area contributed by atoms with Crippen LogP contribution in [0.1, 0.15) is 12.5 Å². The van der Waals surface area contributed by atoms with Crippen molar-refractivity contribution in [3.8, 4) is 11.5 Å². The van der Waals surface area contributed by atoms with Crippen LogP contribution in [0.2, 0.25) is 0 Å². The average molecular weight is 206 g/mol. The fourth-order valence-electron chi connectivity index (χ4n) is 1.11. The molecular formula is C9H10N4S. The highest BCUT2D eigenvalue weighted by molar-refractivity contribution is 7.09. The van der Waals surface area contributed by atoms with Gasteiger partial charge in [0.05, 0.1) is 0 Å².